The summed E-state index contributed by atoms with van der Waals surface area (Å²) in [5.74, 6) is 0.734. The van der Waals surface area contributed by atoms with Crippen molar-refractivity contribution in [2.24, 2.45) is 5.92 Å². The molecule has 1 fully saturated rings. The van der Waals surface area contributed by atoms with Crippen LogP contribution < -0.4 is 5.32 Å². The second-order valence-electron chi connectivity index (χ2n) is 5.12. The number of hydrogen-bond donors (Lipinski definition) is 1. The minimum atomic E-state index is 0.352. The molecule has 2 atom stereocenters. The Morgan fingerprint density at radius 1 is 1.50 bits per heavy atom. The normalized spacial score (nSPS) is 26.3. The van der Waals surface area contributed by atoms with Gasteiger partial charge in [0.15, 0.2) is 0 Å². The van der Waals surface area contributed by atoms with Crippen molar-refractivity contribution in [2.75, 3.05) is 26.8 Å². The summed E-state index contributed by atoms with van der Waals surface area (Å²) < 4.78 is 5.04. The molecule has 0 heterocycles. The third-order valence-corrected chi connectivity index (χ3v) is 4.37. The lowest BCUT2D eigenvalue weighted by Gasteiger charge is -2.16. The Bertz CT molecular complexity index is 396. The van der Waals surface area contributed by atoms with Crippen LogP contribution in [0, 0.1) is 5.92 Å². The molecule has 0 saturated heterocycles. The van der Waals surface area contributed by atoms with Gasteiger partial charge in [0.1, 0.15) is 0 Å². The van der Waals surface area contributed by atoms with E-state index in [0.717, 1.165) is 30.6 Å². The number of hydrogen-bond acceptors (Lipinski definition) is 2. The predicted molar refractivity (Wildman–Crippen MR) is 76.3 cm³/mol. The van der Waals surface area contributed by atoms with Crippen LogP contribution in [-0.2, 0) is 10.2 Å². The first-order valence-corrected chi connectivity index (χ1v) is 7.06. The molecule has 0 radical (unpaired) electrons. The fourth-order valence-corrected chi connectivity index (χ4v) is 3.08. The third kappa shape index (κ3) is 2.87. The van der Waals surface area contributed by atoms with Crippen LogP contribution in [0.1, 0.15) is 25.3 Å². The SMILES string of the molecule is CCC1(c2cccc(Cl)c2)CC1CNCCOC. The number of benzene rings is 1. The van der Waals surface area contributed by atoms with Crippen molar-refractivity contribution in [3.8, 4) is 0 Å². The Labute approximate surface area is 115 Å². The summed E-state index contributed by atoms with van der Waals surface area (Å²) in [6, 6.07) is 8.34. The van der Waals surface area contributed by atoms with E-state index in [2.05, 4.69) is 30.4 Å². The molecule has 1 aromatic rings. The van der Waals surface area contributed by atoms with E-state index in [9.17, 15) is 0 Å². The van der Waals surface area contributed by atoms with Crippen LogP contribution in [0.5, 0.6) is 0 Å². The monoisotopic (exact) mass is 267 g/mol. The van der Waals surface area contributed by atoms with Gasteiger partial charge in [-0.15, -0.1) is 0 Å². The van der Waals surface area contributed by atoms with Crippen LogP contribution in [-0.4, -0.2) is 26.8 Å². The summed E-state index contributed by atoms with van der Waals surface area (Å²) in [5.41, 5.74) is 1.75. The number of ether oxygens (including phenoxy) is 1. The summed E-state index contributed by atoms with van der Waals surface area (Å²) in [4.78, 5) is 0. The second kappa shape index (κ2) is 6.05. The van der Waals surface area contributed by atoms with Crippen LogP contribution >= 0.6 is 11.6 Å². The molecular formula is C15H22ClNO. The number of methoxy groups -OCH3 is 1. The van der Waals surface area contributed by atoms with Crippen molar-refractivity contribution < 1.29 is 4.74 Å². The molecule has 0 aliphatic heterocycles. The Balaban J connectivity index is 1.94. The fraction of sp³-hybridized carbons (Fsp3) is 0.600. The molecule has 1 aliphatic rings. The Hall–Kier alpha value is -0.570. The van der Waals surface area contributed by atoms with Crippen molar-refractivity contribution in [3.63, 3.8) is 0 Å². The van der Waals surface area contributed by atoms with E-state index in [1.54, 1.807) is 7.11 Å². The van der Waals surface area contributed by atoms with Crippen LogP contribution in [0.15, 0.2) is 24.3 Å². The van der Waals surface area contributed by atoms with Crippen molar-refractivity contribution in [3.05, 3.63) is 34.9 Å². The molecule has 1 saturated carbocycles. The van der Waals surface area contributed by atoms with E-state index in [4.69, 9.17) is 16.3 Å². The van der Waals surface area contributed by atoms with Gasteiger partial charge in [-0.25, -0.2) is 0 Å². The van der Waals surface area contributed by atoms with Gasteiger partial charge in [0.25, 0.3) is 0 Å². The highest BCUT2D eigenvalue weighted by molar-refractivity contribution is 6.30. The first-order valence-electron chi connectivity index (χ1n) is 6.68. The topological polar surface area (TPSA) is 21.3 Å². The van der Waals surface area contributed by atoms with Gasteiger partial charge < -0.3 is 10.1 Å². The molecule has 2 nitrogen and oxygen atoms in total. The van der Waals surface area contributed by atoms with Gasteiger partial charge in [-0.3, -0.25) is 0 Å². The quantitative estimate of drug-likeness (QED) is 0.766. The van der Waals surface area contributed by atoms with Gasteiger partial charge in [0.05, 0.1) is 6.61 Å². The molecule has 18 heavy (non-hydrogen) atoms. The smallest absolute Gasteiger partial charge is 0.0587 e. The zero-order valence-electron chi connectivity index (χ0n) is 11.2. The maximum Gasteiger partial charge on any atom is 0.0587 e. The van der Waals surface area contributed by atoms with Crippen molar-refractivity contribution in [1.82, 2.24) is 5.32 Å². The highest BCUT2D eigenvalue weighted by Gasteiger charge is 2.53. The largest absolute Gasteiger partial charge is 0.383 e. The van der Waals surface area contributed by atoms with E-state index in [-0.39, 0.29) is 0 Å². The molecule has 0 aromatic heterocycles. The van der Waals surface area contributed by atoms with E-state index in [1.165, 1.54) is 18.4 Å². The van der Waals surface area contributed by atoms with Gasteiger partial charge in [-0.2, -0.15) is 0 Å². The van der Waals surface area contributed by atoms with E-state index in [0.29, 0.717) is 5.41 Å². The summed E-state index contributed by atoms with van der Waals surface area (Å²) in [6.45, 7) is 5.06. The third-order valence-electron chi connectivity index (χ3n) is 4.14. The standard InChI is InChI=1S/C15H22ClNO/c1-3-15(12-5-4-6-14(16)9-12)10-13(15)11-17-7-8-18-2/h4-6,9,13,17H,3,7-8,10-11H2,1-2H3. The number of halogens is 1. The molecule has 3 heteroatoms. The fourth-order valence-electron chi connectivity index (χ4n) is 2.89. The molecule has 1 aliphatic carbocycles. The maximum absolute atomic E-state index is 6.10. The first-order chi connectivity index (χ1) is 8.73. The van der Waals surface area contributed by atoms with Gasteiger partial charge in [0.2, 0.25) is 0 Å². The Kier molecular flexibility index (Phi) is 4.66. The second-order valence-corrected chi connectivity index (χ2v) is 5.55. The summed E-state index contributed by atoms with van der Waals surface area (Å²) in [6.07, 6.45) is 2.45. The molecular weight excluding hydrogens is 246 g/mol. The van der Waals surface area contributed by atoms with Crippen molar-refractivity contribution >= 4 is 11.6 Å². The van der Waals surface area contributed by atoms with Crippen LogP contribution in [0.2, 0.25) is 5.02 Å². The van der Waals surface area contributed by atoms with Crippen LogP contribution in [0.3, 0.4) is 0 Å². The van der Waals surface area contributed by atoms with Crippen LogP contribution in [0.4, 0.5) is 0 Å². The molecule has 2 rings (SSSR count). The molecule has 100 valence electrons. The van der Waals surface area contributed by atoms with Crippen molar-refractivity contribution in [1.29, 1.82) is 0 Å². The lowest BCUT2D eigenvalue weighted by atomic mass is 9.90. The van der Waals surface area contributed by atoms with E-state index in [1.807, 2.05) is 6.07 Å². The van der Waals surface area contributed by atoms with E-state index < -0.39 is 0 Å². The van der Waals surface area contributed by atoms with Gasteiger partial charge in [-0.1, -0.05) is 30.7 Å². The highest BCUT2D eigenvalue weighted by atomic mass is 35.5. The molecule has 0 bridgehead atoms. The lowest BCUT2D eigenvalue weighted by Crippen LogP contribution is -2.24. The molecule has 1 N–H and O–H groups in total. The van der Waals surface area contributed by atoms with Gasteiger partial charge in [0, 0.05) is 18.7 Å². The number of rotatable bonds is 7. The lowest BCUT2D eigenvalue weighted by molar-refractivity contribution is 0.199. The Morgan fingerprint density at radius 3 is 3.00 bits per heavy atom. The molecule has 0 spiro atoms. The van der Waals surface area contributed by atoms with Gasteiger partial charge in [-0.05, 0) is 48.4 Å². The Morgan fingerprint density at radius 2 is 2.33 bits per heavy atom. The zero-order chi connectivity index (χ0) is 13.0. The van der Waals surface area contributed by atoms with Gasteiger partial charge >= 0.3 is 0 Å². The minimum absolute atomic E-state index is 0.352. The molecule has 2 unspecified atom stereocenters. The summed E-state index contributed by atoms with van der Waals surface area (Å²) in [7, 11) is 1.74. The summed E-state index contributed by atoms with van der Waals surface area (Å²) >= 11 is 6.10. The summed E-state index contributed by atoms with van der Waals surface area (Å²) in [5, 5.41) is 4.31. The van der Waals surface area contributed by atoms with Crippen molar-refractivity contribution in [2.45, 2.75) is 25.2 Å². The van der Waals surface area contributed by atoms with E-state index >= 15 is 0 Å². The number of nitrogens with one attached hydrogen (secondary N) is 1. The van der Waals surface area contributed by atoms with Crippen LogP contribution in [0.25, 0.3) is 0 Å². The minimum Gasteiger partial charge on any atom is -0.383 e. The first kappa shape index (κ1) is 13.9. The average molecular weight is 268 g/mol. The highest BCUT2D eigenvalue weighted by Crippen LogP contribution is 2.56. The average Bonchev–Trinajstić information content (AvgIpc) is 3.10. The molecule has 0 amide bonds. The predicted octanol–water partition coefficient (Wildman–Crippen LogP) is 3.24. The maximum atomic E-state index is 6.10. The zero-order valence-corrected chi connectivity index (χ0v) is 12.0. The molecule has 1 aromatic carbocycles.